The molecule has 2 aliphatic rings. The number of hydrazone groups is 1. The van der Waals surface area contributed by atoms with Crippen LogP contribution >= 0.6 is 0 Å². The summed E-state index contributed by atoms with van der Waals surface area (Å²) in [7, 11) is 0. The first kappa shape index (κ1) is 15.3. The molecule has 0 N–H and O–H groups in total. The van der Waals surface area contributed by atoms with Crippen LogP contribution in [0.3, 0.4) is 0 Å². The molecule has 2 heterocycles. The van der Waals surface area contributed by atoms with Crippen molar-refractivity contribution in [2.24, 2.45) is 11.0 Å². The third-order valence-electron chi connectivity index (χ3n) is 4.48. The Morgan fingerprint density at radius 1 is 1.18 bits per heavy atom. The van der Waals surface area contributed by atoms with E-state index in [1.165, 1.54) is 11.3 Å². The van der Waals surface area contributed by atoms with E-state index in [0.717, 1.165) is 51.5 Å². The van der Waals surface area contributed by atoms with E-state index >= 15 is 0 Å². The summed E-state index contributed by atoms with van der Waals surface area (Å²) in [5.74, 6) is 0.442. The minimum absolute atomic E-state index is 0.442. The lowest BCUT2D eigenvalue weighted by Crippen LogP contribution is -2.41. The largest absolute Gasteiger partial charge is 0.379 e. The van der Waals surface area contributed by atoms with Gasteiger partial charge in [0.1, 0.15) is 0 Å². The zero-order valence-corrected chi connectivity index (χ0v) is 13.4. The first-order valence-electron chi connectivity index (χ1n) is 8.13. The van der Waals surface area contributed by atoms with Gasteiger partial charge in [-0.15, -0.1) is 0 Å². The van der Waals surface area contributed by atoms with E-state index in [1.807, 2.05) is 6.07 Å². The van der Waals surface area contributed by atoms with Crippen molar-refractivity contribution in [1.82, 2.24) is 9.91 Å². The fourth-order valence-corrected chi connectivity index (χ4v) is 2.97. The molecule has 0 bridgehead atoms. The molecule has 0 saturated carbocycles. The van der Waals surface area contributed by atoms with Crippen molar-refractivity contribution in [3.05, 3.63) is 48.2 Å². The van der Waals surface area contributed by atoms with E-state index in [1.54, 1.807) is 0 Å². The van der Waals surface area contributed by atoms with Crippen LogP contribution < -0.4 is 0 Å². The highest BCUT2D eigenvalue weighted by atomic mass is 16.5. The Kier molecular flexibility index (Phi) is 4.90. The lowest BCUT2D eigenvalue weighted by atomic mass is 9.95. The third kappa shape index (κ3) is 3.57. The lowest BCUT2D eigenvalue weighted by molar-refractivity contribution is 0.0344. The van der Waals surface area contributed by atoms with Crippen LogP contribution in [-0.2, 0) is 4.74 Å². The summed E-state index contributed by atoms with van der Waals surface area (Å²) >= 11 is 0. The summed E-state index contributed by atoms with van der Waals surface area (Å²) in [6, 6.07) is 10.5. The lowest BCUT2D eigenvalue weighted by Gasteiger charge is -2.34. The van der Waals surface area contributed by atoms with Crippen LogP contribution in [0.25, 0.3) is 0 Å². The van der Waals surface area contributed by atoms with Crippen molar-refractivity contribution < 1.29 is 4.74 Å². The van der Waals surface area contributed by atoms with Gasteiger partial charge in [-0.1, -0.05) is 43.8 Å². The van der Waals surface area contributed by atoms with Crippen LogP contribution in [0.2, 0.25) is 0 Å². The Bertz CT molecular complexity index is 535. The average Bonchev–Trinajstić information content (AvgIpc) is 2.58. The summed E-state index contributed by atoms with van der Waals surface area (Å²) in [5, 5.41) is 6.96. The second kappa shape index (κ2) is 7.07. The predicted molar refractivity (Wildman–Crippen MR) is 89.9 cm³/mol. The maximum atomic E-state index is 5.40. The molecule has 0 aliphatic carbocycles. The quantitative estimate of drug-likeness (QED) is 0.855. The third-order valence-corrected chi connectivity index (χ3v) is 4.48. The van der Waals surface area contributed by atoms with Crippen molar-refractivity contribution >= 4 is 5.71 Å². The van der Waals surface area contributed by atoms with Gasteiger partial charge in [-0.3, -0.25) is 9.91 Å². The highest BCUT2D eigenvalue weighted by molar-refractivity contribution is 6.01. The Hall–Kier alpha value is -1.65. The molecule has 0 radical (unpaired) electrons. The number of benzene rings is 1. The Labute approximate surface area is 133 Å². The fourth-order valence-electron chi connectivity index (χ4n) is 2.97. The van der Waals surface area contributed by atoms with Gasteiger partial charge < -0.3 is 4.74 Å². The summed E-state index contributed by atoms with van der Waals surface area (Å²) in [6.07, 6.45) is 0.969. The van der Waals surface area contributed by atoms with Gasteiger partial charge in [0.05, 0.1) is 25.5 Å². The number of rotatable bonds is 4. The minimum Gasteiger partial charge on any atom is -0.379 e. The number of hydrogen-bond donors (Lipinski definition) is 0. The highest BCUT2D eigenvalue weighted by Crippen LogP contribution is 2.26. The van der Waals surface area contributed by atoms with E-state index in [2.05, 4.69) is 47.7 Å². The number of ether oxygens (including phenoxy) is 1. The summed E-state index contributed by atoms with van der Waals surface area (Å²) < 4.78 is 5.40. The van der Waals surface area contributed by atoms with E-state index in [9.17, 15) is 0 Å². The molecule has 4 nitrogen and oxygen atoms in total. The smallest absolute Gasteiger partial charge is 0.0688 e. The Morgan fingerprint density at radius 2 is 1.91 bits per heavy atom. The maximum Gasteiger partial charge on any atom is 0.0688 e. The number of nitrogens with zero attached hydrogens (tertiary/aromatic N) is 3. The van der Waals surface area contributed by atoms with Crippen molar-refractivity contribution in [3.8, 4) is 0 Å². The van der Waals surface area contributed by atoms with Crippen molar-refractivity contribution in [3.63, 3.8) is 0 Å². The van der Waals surface area contributed by atoms with Gasteiger partial charge in [0, 0.05) is 37.7 Å². The van der Waals surface area contributed by atoms with E-state index in [0.29, 0.717) is 5.92 Å². The number of morpholine rings is 1. The highest BCUT2D eigenvalue weighted by Gasteiger charge is 2.23. The summed E-state index contributed by atoms with van der Waals surface area (Å²) in [4.78, 5) is 2.44. The van der Waals surface area contributed by atoms with Crippen LogP contribution in [0.4, 0.5) is 0 Å². The van der Waals surface area contributed by atoms with Gasteiger partial charge in [0.25, 0.3) is 0 Å². The van der Waals surface area contributed by atoms with Crippen LogP contribution in [0, 0.1) is 5.92 Å². The Balaban J connectivity index is 1.69. The molecule has 1 unspecified atom stereocenters. The molecule has 0 aromatic heterocycles. The normalized spacial score (nSPS) is 23.5. The fraction of sp³-hybridized carbons (Fsp3) is 0.500. The van der Waals surface area contributed by atoms with E-state index in [4.69, 9.17) is 9.84 Å². The molecule has 1 fully saturated rings. The van der Waals surface area contributed by atoms with Gasteiger partial charge in [-0.2, -0.15) is 5.10 Å². The molecule has 1 atom stereocenters. The molecule has 22 heavy (non-hydrogen) atoms. The Morgan fingerprint density at radius 3 is 2.64 bits per heavy atom. The number of hydrogen-bond acceptors (Lipinski definition) is 4. The van der Waals surface area contributed by atoms with Gasteiger partial charge in [0.15, 0.2) is 0 Å². The molecule has 3 rings (SSSR count). The standard InChI is InChI=1S/C18H25N3O/c1-15-14-18(17-6-4-3-5-7-17)19-21(16(15)2)9-8-20-10-12-22-13-11-20/h3-7,15H,2,8-14H2,1H3. The van der Waals surface area contributed by atoms with E-state index in [-0.39, 0.29) is 0 Å². The molecule has 0 spiro atoms. The average molecular weight is 299 g/mol. The molecule has 1 aromatic rings. The minimum atomic E-state index is 0.442. The van der Waals surface area contributed by atoms with Crippen molar-refractivity contribution in [1.29, 1.82) is 0 Å². The monoisotopic (exact) mass is 299 g/mol. The van der Waals surface area contributed by atoms with E-state index < -0.39 is 0 Å². The second-order valence-corrected chi connectivity index (χ2v) is 6.09. The summed E-state index contributed by atoms with van der Waals surface area (Å²) in [5.41, 5.74) is 3.52. The molecule has 1 aromatic carbocycles. The molecule has 2 aliphatic heterocycles. The van der Waals surface area contributed by atoms with Crippen molar-refractivity contribution in [2.45, 2.75) is 13.3 Å². The van der Waals surface area contributed by atoms with Gasteiger partial charge in [0.2, 0.25) is 0 Å². The molecule has 0 amide bonds. The first-order chi connectivity index (χ1) is 10.7. The summed E-state index contributed by atoms with van der Waals surface area (Å²) in [6.45, 7) is 12.1. The molecule has 118 valence electrons. The molecule has 1 saturated heterocycles. The van der Waals surface area contributed by atoms with Crippen LogP contribution in [0.1, 0.15) is 18.9 Å². The maximum absolute atomic E-state index is 5.40. The predicted octanol–water partition coefficient (Wildman–Crippen LogP) is 2.58. The van der Waals surface area contributed by atoms with Crippen LogP contribution in [0.15, 0.2) is 47.7 Å². The zero-order chi connectivity index (χ0) is 15.4. The van der Waals surface area contributed by atoms with Gasteiger partial charge in [-0.05, 0) is 5.56 Å². The zero-order valence-electron chi connectivity index (χ0n) is 13.4. The van der Waals surface area contributed by atoms with Gasteiger partial charge in [-0.25, -0.2) is 0 Å². The molecular formula is C18H25N3O. The van der Waals surface area contributed by atoms with Crippen LogP contribution in [0.5, 0.6) is 0 Å². The van der Waals surface area contributed by atoms with Crippen molar-refractivity contribution in [2.75, 3.05) is 39.4 Å². The second-order valence-electron chi connectivity index (χ2n) is 6.09. The van der Waals surface area contributed by atoms with Gasteiger partial charge >= 0.3 is 0 Å². The topological polar surface area (TPSA) is 28.1 Å². The molecule has 4 heteroatoms. The SMILES string of the molecule is C=C1C(C)CC(c2ccccc2)=NN1CCN1CCOCC1. The number of allylic oxidation sites excluding steroid dienone is 1. The molecular weight excluding hydrogens is 274 g/mol. The first-order valence-corrected chi connectivity index (χ1v) is 8.13. The van der Waals surface area contributed by atoms with Crippen LogP contribution in [-0.4, -0.2) is 55.0 Å².